The van der Waals surface area contributed by atoms with Crippen molar-refractivity contribution in [2.75, 3.05) is 17.7 Å². The maximum Gasteiger partial charge on any atom is 0.257 e. The number of carbonyl (C=O) groups excluding carboxylic acids is 1. The molecule has 0 bridgehead atoms. The maximum atomic E-state index is 12.3. The van der Waals surface area contributed by atoms with Gasteiger partial charge in [-0.3, -0.25) is 4.79 Å². The molecule has 0 saturated carbocycles. The number of carbonyl (C=O) groups is 1. The van der Waals surface area contributed by atoms with E-state index in [0.29, 0.717) is 5.56 Å². The summed E-state index contributed by atoms with van der Waals surface area (Å²) in [5.41, 5.74) is 4.48. The van der Waals surface area contributed by atoms with E-state index in [1.54, 1.807) is 0 Å². The average Bonchev–Trinajstić information content (AvgIpc) is 2.38. The molecule has 0 aliphatic heterocycles. The predicted molar refractivity (Wildman–Crippen MR) is 79.9 cm³/mol. The number of amides is 1. The van der Waals surface area contributed by atoms with Gasteiger partial charge >= 0.3 is 0 Å². The molecule has 3 nitrogen and oxygen atoms in total. The van der Waals surface area contributed by atoms with Crippen LogP contribution in [0.3, 0.4) is 0 Å². The molecule has 0 fully saturated rings. The van der Waals surface area contributed by atoms with Crippen molar-refractivity contribution in [1.82, 2.24) is 0 Å². The van der Waals surface area contributed by atoms with Crippen LogP contribution >= 0.6 is 0 Å². The van der Waals surface area contributed by atoms with Crippen LogP contribution in [0.15, 0.2) is 42.5 Å². The molecule has 1 amide bonds. The fourth-order valence-corrected chi connectivity index (χ4v) is 1.99. The first kappa shape index (κ1) is 13.1. The Bertz CT molecular complexity index is 605. The van der Waals surface area contributed by atoms with E-state index >= 15 is 0 Å². The first-order chi connectivity index (χ1) is 9.10. The Balaban J connectivity index is 2.27. The number of hydrogen-bond acceptors (Lipinski definition) is 2. The van der Waals surface area contributed by atoms with Crippen LogP contribution in [0.25, 0.3) is 0 Å². The molecule has 2 aromatic carbocycles. The lowest BCUT2D eigenvalue weighted by Crippen LogP contribution is -2.14. The summed E-state index contributed by atoms with van der Waals surface area (Å²) < 4.78 is 0. The second kappa shape index (κ2) is 5.57. The number of rotatable bonds is 3. The largest absolute Gasteiger partial charge is 0.387 e. The monoisotopic (exact) mass is 254 g/mol. The lowest BCUT2D eigenvalue weighted by atomic mass is 10.1. The Kier molecular flexibility index (Phi) is 3.85. The first-order valence-electron chi connectivity index (χ1n) is 6.26. The molecule has 0 spiro atoms. The van der Waals surface area contributed by atoms with Crippen molar-refractivity contribution in [1.29, 1.82) is 0 Å². The second-order valence-electron chi connectivity index (χ2n) is 4.62. The van der Waals surface area contributed by atoms with Crippen LogP contribution < -0.4 is 10.6 Å². The smallest absolute Gasteiger partial charge is 0.257 e. The lowest BCUT2D eigenvalue weighted by molar-refractivity contribution is 0.102. The summed E-state index contributed by atoms with van der Waals surface area (Å²) >= 11 is 0. The van der Waals surface area contributed by atoms with E-state index in [0.717, 1.165) is 22.5 Å². The number of hydrogen-bond donors (Lipinski definition) is 2. The third kappa shape index (κ3) is 3.13. The Labute approximate surface area is 113 Å². The molecule has 0 aliphatic carbocycles. The van der Waals surface area contributed by atoms with Gasteiger partial charge in [0.15, 0.2) is 0 Å². The van der Waals surface area contributed by atoms with Crippen LogP contribution in [0.4, 0.5) is 11.4 Å². The molecule has 2 rings (SSSR count). The third-order valence-corrected chi connectivity index (χ3v) is 2.96. The molecule has 98 valence electrons. The van der Waals surface area contributed by atoms with E-state index in [4.69, 9.17) is 0 Å². The molecule has 2 aromatic rings. The zero-order valence-electron chi connectivity index (χ0n) is 11.4. The van der Waals surface area contributed by atoms with E-state index in [1.165, 1.54) is 0 Å². The first-order valence-corrected chi connectivity index (χ1v) is 6.26. The van der Waals surface area contributed by atoms with Crippen LogP contribution in [0.5, 0.6) is 0 Å². The summed E-state index contributed by atoms with van der Waals surface area (Å²) in [7, 11) is 1.81. The maximum absolute atomic E-state index is 12.3. The summed E-state index contributed by atoms with van der Waals surface area (Å²) in [5.74, 6) is -0.0985. The third-order valence-electron chi connectivity index (χ3n) is 2.96. The highest BCUT2D eigenvalue weighted by Gasteiger charge is 2.11. The lowest BCUT2D eigenvalue weighted by Gasteiger charge is -2.11. The van der Waals surface area contributed by atoms with Gasteiger partial charge in [-0.05, 0) is 43.7 Å². The Morgan fingerprint density at radius 3 is 2.42 bits per heavy atom. The van der Waals surface area contributed by atoms with Crippen molar-refractivity contribution in [2.45, 2.75) is 13.8 Å². The van der Waals surface area contributed by atoms with Crippen LogP contribution in [0.2, 0.25) is 0 Å². The molecular weight excluding hydrogens is 236 g/mol. The number of nitrogens with one attached hydrogen (secondary N) is 2. The van der Waals surface area contributed by atoms with E-state index in [2.05, 4.69) is 10.6 Å². The molecule has 0 radical (unpaired) electrons. The summed E-state index contributed by atoms with van der Waals surface area (Å²) in [6.07, 6.45) is 0. The van der Waals surface area contributed by atoms with Gasteiger partial charge < -0.3 is 10.6 Å². The van der Waals surface area contributed by atoms with E-state index in [1.807, 2.05) is 63.4 Å². The van der Waals surface area contributed by atoms with Gasteiger partial charge in [0, 0.05) is 18.4 Å². The molecule has 0 saturated heterocycles. The fraction of sp³-hybridized carbons (Fsp3) is 0.188. The highest BCUT2D eigenvalue weighted by Crippen LogP contribution is 2.19. The molecule has 0 aliphatic rings. The molecular formula is C16H18N2O. The minimum atomic E-state index is -0.0985. The average molecular weight is 254 g/mol. The van der Waals surface area contributed by atoms with Crippen LogP contribution in [-0.4, -0.2) is 13.0 Å². The number of benzene rings is 2. The number of aryl methyl sites for hydroxylation is 2. The summed E-state index contributed by atoms with van der Waals surface area (Å²) in [6.45, 7) is 3.98. The predicted octanol–water partition coefficient (Wildman–Crippen LogP) is 3.60. The molecule has 0 heterocycles. The van der Waals surface area contributed by atoms with E-state index in [-0.39, 0.29) is 5.91 Å². The van der Waals surface area contributed by atoms with Gasteiger partial charge in [0.05, 0.1) is 5.56 Å². The van der Waals surface area contributed by atoms with Gasteiger partial charge in [-0.2, -0.15) is 0 Å². The minimum Gasteiger partial charge on any atom is -0.387 e. The Morgan fingerprint density at radius 1 is 1.00 bits per heavy atom. The topological polar surface area (TPSA) is 41.1 Å². The van der Waals surface area contributed by atoms with Crippen LogP contribution in [0, 0.1) is 13.8 Å². The Hall–Kier alpha value is -2.29. The van der Waals surface area contributed by atoms with Crippen molar-refractivity contribution in [3.8, 4) is 0 Å². The van der Waals surface area contributed by atoms with Gasteiger partial charge in [-0.1, -0.05) is 23.8 Å². The van der Waals surface area contributed by atoms with Crippen molar-refractivity contribution in [3.05, 3.63) is 59.2 Å². The minimum absolute atomic E-state index is 0.0985. The van der Waals surface area contributed by atoms with Crippen molar-refractivity contribution in [3.63, 3.8) is 0 Å². The highest BCUT2D eigenvalue weighted by atomic mass is 16.1. The van der Waals surface area contributed by atoms with Gasteiger partial charge in [-0.15, -0.1) is 0 Å². The van der Waals surface area contributed by atoms with E-state index in [9.17, 15) is 4.79 Å². The van der Waals surface area contributed by atoms with Gasteiger partial charge in [-0.25, -0.2) is 0 Å². The summed E-state index contributed by atoms with van der Waals surface area (Å²) in [4.78, 5) is 12.3. The van der Waals surface area contributed by atoms with Crippen LogP contribution in [0.1, 0.15) is 21.5 Å². The second-order valence-corrected chi connectivity index (χ2v) is 4.62. The molecule has 3 heteroatoms. The van der Waals surface area contributed by atoms with Gasteiger partial charge in [0.2, 0.25) is 0 Å². The standard InChI is InChI=1S/C16H18N2O/c1-11-5-4-6-13(9-11)18-16(19)14-10-12(2)7-8-15(14)17-3/h4-10,17H,1-3H3,(H,18,19). The highest BCUT2D eigenvalue weighted by molar-refractivity contribution is 6.08. The van der Waals surface area contributed by atoms with Crippen LogP contribution in [-0.2, 0) is 0 Å². The van der Waals surface area contributed by atoms with Crippen molar-refractivity contribution >= 4 is 17.3 Å². The number of anilines is 2. The van der Waals surface area contributed by atoms with Crippen molar-refractivity contribution in [2.24, 2.45) is 0 Å². The zero-order valence-corrected chi connectivity index (χ0v) is 11.4. The van der Waals surface area contributed by atoms with Crippen molar-refractivity contribution < 1.29 is 4.79 Å². The van der Waals surface area contributed by atoms with E-state index < -0.39 is 0 Å². The molecule has 0 unspecified atom stereocenters. The summed E-state index contributed by atoms with van der Waals surface area (Å²) in [5, 5.41) is 5.96. The quantitative estimate of drug-likeness (QED) is 0.878. The molecule has 0 aromatic heterocycles. The SMILES string of the molecule is CNc1ccc(C)cc1C(=O)Nc1cccc(C)c1. The summed E-state index contributed by atoms with van der Waals surface area (Å²) in [6, 6.07) is 13.6. The van der Waals surface area contributed by atoms with Gasteiger partial charge in [0.1, 0.15) is 0 Å². The molecule has 2 N–H and O–H groups in total. The fourth-order valence-electron chi connectivity index (χ4n) is 1.99. The van der Waals surface area contributed by atoms with Gasteiger partial charge in [0.25, 0.3) is 5.91 Å². The Morgan fingerprint density at radius 2 is 1.74 bits per heavy atom. The normalized spacial score (nSPS) is 10.1. The molecule has 19 heavy (non-hydrogen) atoms. The zero-order chi connectivity index (χ0) is 13.8. The molecule has 0 atom stereocenters.